The van der Waals surface area contributed by atoms with Gasteiger partial charge in [-0.2, -0.15) is 0 Å². The summed E-state index contributed by atoms with van der Waals surface area (Å²) < 4.78 is 32.9. The monoisotopic (exact) mass is 378 g/mol. The van der Waals surface area contributed by atoms with Crippen molar-refractivity contribution in [2.75, 3.05) is 19.6 Å². The molecule has 2 aromatic rings. The summed E-state index contributed by atoms with van der Waals surface area (Å²) in [5, 5.41) is 8.06. The van der Waals surface area contributed by atoms with Crippen molar-refractivity contribution in [1.82, 2.24) is 19.8 Å². The number of hydrogen-bond acceptors (Lipinski definition) is 6. The molecule has 3 rings (SSSR count). The second kappa shape index (κ2) is 8.75. The van der Waals surface area contributed by atoms with Gasteiger partial charge in [0, 0.05) is 19.5 Å². The van der Waals surface area contributed by atoms with Crippen LogP contribution < -0.4 is 4.72 Å². The quantitative estimate of drug-likeness (QED) is 0.755. The number of nitrogens with one attached hydrogen (secondary N) is 1. The second-order valence-corrected chi connectivity index (χ2v) is 8.59. The highest BCUT2D eigenvalue weighted by molar-refractivity contribution is 7.88. The summed E-state index contributed by atoms with van der Waals surface area (Å²) in [6.07, 6.45) is 2.80. The van der Waals surface area contributed by atoms with Crippen LogP contribution in [0.4, 0.5) is 0 Å². The molecule has 1 atom stereocenters. The molecule has 1 aromatic heterocycles. The Balaban J connectivity index is 1.48. The third kappa shape index (κ3) is 5.62. The molecule has 0 radical (unpaired) electrons. The van der Waals surface area contributed by atoms with Crippen LogP contribution in [0.5, 0.6) is 0 Å². The Bertz CT molecular complexity index is 792. The molecule has 1 saturated heterocycles. The van der Waals surface area contributed by atoms with Crippen LogP contribution in [0.2, 0.25) is 0 Å². The Kier molecular flexibility index (Phi) is 6.39. The summed E-state index contributed by atoms with van der Waals surface area (Å²) >= 11 is 0. The van der Waals surface area contributed by atoms with E-state index in [0.29, 0.717) is 30.8 Å². The van der Waals surface area contributed by atoms with Crippen molar-refractivity contribution < 1.29 is 12.8 Å². The first kappa shape index (κ1) is 19.0. The van der Waals surface area contributed by atoms with Crippen molar-refractivity contribution >= 4 is 10.0 Å². The van der Waals surface area contributed by atoms with E-state index in [0.717, 1.165) is 37.9 Å². The van der Waals surface area contributed by atoms with Gasteiger partial charge in [0.05, 0.1) is 12.3 Å². The summed E-state index contributed by atoms with van der Waals surface area (Å²) in [6.45, 7) is 4.88. The van der Waals surface area contributed by atoms with Crippen LogP contribution in [-0.4, -0.2) is 43.1 Å². The molecular formula is C18H26N4O3S. The second-order valence-electron chi connectivity index (χ2n) is 6.78. The van der Waals surface area contributed by atoms with Crippen LogP contribution in [0.15, 0.2) is 34.7 Å². The normalized spacial score (nSPS) is 18.9. The standard InChI is InChI=1S/C18H26N4O3S/c1-2-17-20-21-18(25-17)13-22-10-6-9-16(12-22)11-19-26(23,24)14-15-7-4-3-5-8-15/h3-5,7-8,16,19H,2,6,9-14H2,1H3/t16-/m1/s1. The van der Waals surface area contributed by atoms with E-state index < -0.39 is 10.0 Å². The topological polar surface area (TPSA) is 88.3 Å². The van der Waals surface area contributed by atoms with Gasteiger partial charge in [-0.05, 0) is 30.9 Å². The summed E-state index contributed by atoms with van der Waals surface area (Å²) in [5.41, 5.74) is 0.799. The molecule has 2 heterocycles. The lowest BCUT2D eigenvalue weighted by molar-refractivity contribution is 0.155. The minimum Gasteiger partial charge on any atom is -0.424 e. The van der Waals surface area contributed by atoms with Gasteiger partial charge in [-0.3, -0.25) is 4.90 Å². The smallest absolute Gasteiger partial charge is 0.230 e. The lowest BCUT2D eigenvalue weighted by Crippen LogP contribution is -2.40. The Labute approximate surface area is 154 Å². The molecule has 0 spiro atoms. The van der Waals surface area contributed by atoms with Gasteiger partial charge in [-0.15, -0.1) is 10.2 Å². The fourth-order valence-electron chi connectivity index (χ4n) is 3.24. The van der Waals surface area contributed by atoms with E-state index in [1.165, 1.54) is 0 Å². The third-order valence-electron chi connectivity index (χ3n) is 4.56. The van der Waals surface area contributed by atoms with Crippen LogP contribution in [-0.2, 0) is 28.7 Å². The lowest BCUT2D eigenvalue weighted by atomic mass is 9.98. The van der Waals surface area contributed by atoms with Gasteiger partial charge in [-0.25, -0.2) is 13.1 Å². The zero-order valence-electron chi connectivity index (χ0n) is 15.1. The molecule has 0 bridgehead atoms. The predicted molar refractivity (Wildman–Crippen MR) is 98.7 cm³/mol. The zero-order chi connectivity index (χ0) is 18.4. The summed E-state index contributed by atoms with van der Waals surface area (Å²) in [6, 6.07) is 9.25. The molecule has 1 aromatic carbocycles. The van der Waals surface area contributed by atoms with Crippen molar-refractivity contribution in [3.05, 3.63) is 47.7 Å². The average Bonchev–Trinajstić information content (AvgIpc) is 3.08. The number of rotatable bonds is 8. The van der Waals surface area contributed by atoms with E-state index >= 15 is 0 Å². The Hall–Kier alpha value is -1.77. The van der Waals surface area contributed by atoms with Crippen molar-refractivity contribution in [1.29, 1.82) is 0 Å². The van der Waals surface area contributed by atoms with E-state index in [2.05, 4.69) is 19.8 Å². The number of nitrogens with zero attached hydrogens (tertiary/aromatic N) is 3. The van der Waals surface area contributed by atoms with E-state index in [4.69, 9.17) is 4.42 Å². The van der Waals surface area contributed by atoms with Crippen molar-refractivity contribution in [3.8, 4) is 0 Å². The maximum Gasteiger partial charge on any atom is 0.230 e. The number of piperidine rings is 1. The number of likely N-dealkylation sites (tertiary alicyclic amines) is 1. The maximum absolute atomic E-state index is 12.3. The Morgan fingerprint density at radius 2 is 2.00 bits per heavy atom. The van der Waals surface area contributed by atoms with Crippen LogP contribution in [0.1, 0.15) is 37.1 Å². The molecule has 0 aliphatic carbocycles. The molecule has 1 aliphatic heterocycles. The highest BCUT2D eigenvalue weighted by Gasteiger charge is 2.23. The van der Waals surface area contributed by atoms with Crippen LogP contribution >= 0.6 is 0 Å². The van der Waals surface area contributed by atoms with Gasteiger partial charge in [0.25, 0.3) is 0 Å². The van der Waals surface area contributed by atoms with Gasteiger partial charge < -0.3 is 4.42 Å². The molecule has 0 unspecified atom stereocenters. The Morgan fingerprint density at radius 3 is 2.73 bits per heavy atom. The highest BCUT2D eigenvalue weighted by Crippen LogP contribution is 2.18. The van der Waals surface area contributed by atoms with Gasteiger partial charge in [0.1, 0.15) is 0 Å². The predicted octanol–water partition coefficient (Wildman–Crippen LogP) is 1.96. The summed E-state index contributed by atoms with van der Waals surface area (Å²) in [4.78, 5) is 2.26. The zero-order valence-corrected chi connectivity index (χ0v) is 15.9. The van der Waals surface area contributed by atoms with E-state index in [9.17, 15) is 8.42 Å². The van der Waals surface area contributed by atoms with Crippen LogP contribution in [0, 0.1) is 5.92 Å². The highest BCUT2D eigenvalue weighted by atomic mass is 32.2. The Morgan fingerprint density at radius 1 is 1.23 bits per heavy atom. The number of hydrogen-bond donors (Lipinski definition) is 1. The molecule has 8 heteroatoms. The first-order valence-corrected chi connectivity index (χ1v) is 10.7. The fraction of sp³-hybridized carbons (Fsp3) is 0.556. The van der Waals surface area contributed by atoms with Gasteiger partial charge >= 0.3 is 0 Å². The SMILES string of the molecule is CCc1nnc(CN2CCC[C@H](CNS(=O)(=O)Cc3ccccc3)C2)o1. The van der Waals surface area contributed by atoms with Gasteiger partial charge in [-0.1, -0.05) is 37.3 Å². The summed E-state index contributed by atoms with van der Waals surface area (Å²) in [5.74, 6) is 1.60. The molecule has 26 heavy (non-hydrogen) atoms. The summed E-state index contributed by atoms with van der Waals surface area (Å²) in [7, 11) is -3.32. The molecule has 1 N–H and O–H groups in total. The van der Waals surface area contributed by atoms with Crippen LogP contribution in [0.3, 0.4) is 0 Å². The molecular weight excluding hydrogens is 352 g/mol. The van der Waals surface area contributed by atoms with Crippen molar-refractivity contribution in [2.24, 2.45) is 5.92 Å². The van der Waals surface area contributed by atoms with Crippen molar-refractivity contribution in [3.63, 3.8) is 0 Å². The van der Waals surface area contributed by atoms with Gasteiger partial charge in [0.2, 0.25) is 21.8 Å². The first-order valence-electron chi connectivity index (χ1n) is 9.09. The number of sulfonamides is 1. The molecule has 7 nitrogen and oxygen atoms in total. The van der Waals surface area contributed by atoms with Crippen molar-refractivity contribution in [2.45, 2.75) is 38.5 Å². The molecule has 1 aliphatic rings. The number of aryl methyl sites for hydroxylation is 1. The molecule has 1 fully saturated rings. The molecule has 0 saturated carbocycles. The largest absolute Gasteiger partial charge is 0.424 e. The van der Waals surface area contributed by atoms with Crippen LogP contribution in [0.25, 0.3) is 0 Å². The molecule has 142 valence electrons. The van der Waals surface area contributed by atoms with Gasteiger partial charge in [0.15, 0.2) is 0 Å². The molecule has 0 amide bonds. The fourth-order valence-corrected chi connectivity index (χ4v) is 4.46. The maximum atomic E-state index is 12.3. The minimum absolute atomic E-state index is 0.0199. The third-order valence-corrected chi connectivity index (χ3v) is 5.88. The van der Waals surface area contributed by atoms with E-state index in [1.807, 2.05) is 37.3 Å². The van der Waals surface area contributed by atoms with E-state index in [-0.39, 0.29) is 5.75 Å². The average molecular weight is 378 g/mol. The first-order chi connectivity index (χ1) is 12.5. The lowest BCUT2D eigenvalue weighted by Gasteiger charge is -2.31. The minimum atomic E-state index is -3.32. The number of benzene rings is 1. The van der Waals surface area contributed by atoms with E-state index in [1.54, 1.807) is 0 Å². The number of aromatic nitrogens is 2.